The number of likely N-dealkylation sites (N-methyl/N-ethyl adjacent to an activating group) is 1. The first-order valence-electron chi connectivity index (χ1n) is 6.64. The van der Waals surface area contributed by atoms with Crippen LogP contribution in [0, 0.1) is 0 Å². The van der Waals surface area contributed by atoms with Crippen molar-refractivity contribution in [2.24, 2.45) is 5.73 Å². The highest BCUT2D eigenvalue weighted by Crippen LogP contribution is 2.22. The molecule has 1 aromatic heterocycles. The number of nitrogens with zero attached hydrogens (tertiary/aromatic N) is 3. The fraction of sp³-hybridized carbons (Fsp3) is 0.643. The van der Waals surface area contributed by atoms with Gasteiger partial charge in [0.2, 0.25) is 0 Å². The van der Waals surface area contributed by atoms with Gasteiger partial charge in [0, 0.05) is 31.4 Å². The fourth-order valence-electron chi connectivity index (χ4n) is 2.35. The summed E-state index contributed by atoms with van der Waals surface area (Å²) in [7, 11) is 2.19. The van der Waals surface area contributed by atoms with Crippen molar-refractivity contribution >= 4 is 5.82 Å². The molecule has 18 heavy (non-hydrogen) atoms. The van der Waals surface area contributed by atoms with Crippen LogP contribution in [0.4, 0.5) is 5.82 Å². The van der Waals surface area contributed by atoms with E-state index in [-0.39, 0.29) is 5.54 Å². The van der Waals surface area contributed by atoms with Gasteiger partial charge in [0.05, 0.1) is 0 Å². The fourth-order valence-corrected chi connectivity index (χ4v) is 2.35. The van der Waals surface area contributed by atoms with Crippen molar-refractivity contribution in [2.75, 3.05) is 38.1 Å². The summed E-state index contributed by atoms with van der Waals surface area (Å²) in [6.45, 7) is 8.39. The van der Waals surface area contributed by atoms with E-state index in [9.17, 15) is 0 Å². The van der Waals surface area contributed by atoms with Crippen molar-refractivity contribution in [3.8, 4) is 0 Å². The minimum atomic E-state index is 0.204. The molecule has 2 N–H and O–H groups in total. The minimum absolute atomic E-state index is 0.204. The van der Waals surface area contributed by atoms with Crippen LogP contribution in [0.5, 0.6) is 0 Å². The maximum atomic E-state index is 5.55. The quantitative estimate of drug-likeness (QED) is 0.870. The van der Waals surface area contributed by atoms with Crippen LogP contribution in [0.1, 0.15) is 19.4 Å². The lowest BCUT2D eigenvalue weighted by Crippen LogP contribution is -2.57. The van der Waals surface area contributed by atoms with Crippen molar-refractivity contribution in [1.29, 1.82) is 0 Å². The van der Waals surface area contributed by atoms with Crippen LogP contribution in [0.25, 0.3) is 0 Å². The number of hydrogen-bond donors (Lipinski definition) is 1. The zero-order chi connectivity index (χ0) is 13.2. The van der Waals surface area contributed by atoms with Crippen LogP contribution in [0.3, 0.4) is 0 Å². The van der Waals surface area contributed by atoms with Crippen molar-refractivity contribution in [3.63, 3.8) is 0 Å². The molecule has 1 aliphatic rings. The molecule has 0 amide bonds. The highest BCUT2D eigenvalue weighted by molar-refractivity contribution is 5.40. The predicted octanol–water partition coefficient (Wildman–Crippen LogP) is 1.11. The highest BCUT2D eigenvalue weighted by Gasteiger charge is 2.31. The van der Waals surface area contributed by atoms with Crippen LogP contribution >= 0.6 is 0 Å². The Hall–Kier alpha value is -1.13. The number of pyridine rings is 1. The smallest absolute Gasteiger partial charge is 0.128 e. The molecule has 4 nitrogen and oxygen atoms in total. The molecule has 100 valence electrons. The number of rotatable bonds is 3. The Morgan fingerprint density at radius 2 is 2.11 bits per heavy atom. The zero-order valence-corrected chi connectivity index (χ0v) is 11.7. The van der Waals surface area contributed by atoms with Gasteiger partial charge in [-0.25, -0.2) is 4.98 Å². The van der Waals surface area contributed by atoms with Gasteiger partial charge in [-0.3, -0.25) is 4.90 Å². The Morgan fingerprint density at radius 1 is 1.33 bits per heavy atom. The van der Waals surface area contributed by atoms with E-state index in [0.717, 1.165) is 31.9 Å². The third-order valence-corrected chi connectivity index (χ3v) is 3.88. The van der Waals surface area contributed by atoms with E-state index in [2.05, 4.69) is 47.8 Å². The molecule has 0 atom stereocenters. The predicted molar refractivity (Wildman–Crippen MR) is 75.9 cm³/mol. The monoisotopic (exact) mass is 248 g/mol. The second kappa shape index (κ2) is 5.24. The summed E-state index contributed by atoms with van der Waals surface area (Å²) in [5.74, 6) is 1.08. The summed E-state index contributed by atoms with van der Waals surface area (Å²) in [4.78, 5) is 9.34. The average molecular weight is 248 g/mol. The van der Waals surface area contributed by atoms with Crippen molar-refractivity contribution in [2.45, 2.75) is 25.8 Å². The van der Waals surface area contributed by atoms with Crippen molar-refractivity contribution in [3.05, 3.63) is 23.9 Å². The maximum Gasteiger partial charge on any atom is 0.128 e. The minimum Gasteiger partial charge on any atom is -0.354 e. The first-order valence-corrected chi connectivity index (χ1v) is 6.64. The maximum absolute atomic E-state index is 5.55. The van der Waals surface area contributed by atoms with Gasteiger partial charge in [-0.2, -0.15) is 0 Å². The SMILES string of the molecule is CN1CCN(c2ccc(CCN)cn2)CC1(C)C. The summed E-state index contributed by atoms with van der Waals surface area (Å²) >= 11 is 0. The molecule has 0 unspecified atom stereocenters. The van der Waals surface area contributed by atoms with Gasteiger partial charge < -0.3 is 10.6 Å². The summed E-state index contributed by atoms with van der Waals surface area (Å²) < 4.78 is 0. The molecule has 1 fully saturated rings. The number of nitrogens with two attached hydrogens (primary N) is 1. The topological polar surface area (TPSA) is 45.4 Å². The van der Waals surface area contributed by atoms with E-state index in [1.807, 2.05) is 6.20 Å². The Kier molecular flexibility index (Phi) is 3.88. The Bertz CT molecular complexity index is 385. The molecule has 0 spiro atoms. The molecule has 1 aromatic rings. The molecule has 0 bridgehead atoms. The molecular weight excluding hydrogens is 224 g/mol. The van der Waals surface area contributed by atoms with Gasteiger partial charge >= 0.3 is 0 Å². The van der Waals surface area contributed by atoms with Gasteiger partial charge in [-0.05, 0) is 45.5 Å². The normalized spacial score (nSPS) is 20.1. The lowest BCUT2D eigenvalue weighted by molar-refractivity contribution is 0.138. The van der Waals surface area contributed by atoms with E-state index in [0.29, 0.717) is 6.54 Å². The first kappa shape index (κ1) is 13.3. The number of piperazine rings is 1. The van der Waals surface area contributed by atoms with E-state index >= 15 is 0 Å². The van der Waals surface area contributed by atoms with E-state index < -0.39 is 0 Å². The van der Waals surface area contributed by atoms with Gasteiger partial charge in [-0.15, -0.1) is 0 Å². The van der Waals surface area contributed by atoms with Crippen LogP contribution in [0.15, 0.2) is 18.3 Å². The van der Waals surface area contributed by atoms with Gasteiger partial charge in [0.1, 0.15) is 5.82 Å². The van der Waals surface area contributed by atoms with Crippen LogP contribution in [0.2, 0.25) is 0 Å². The molecule has 2 rings (SSSR count). The number of hydrogen-bond acceptors (Lipinski definition) is 4. The standard InChI is InChI=1S/C14H24N4/c1-14(2)11-18(9-8-17(14)3)13-5-4-12(6-7-15)10-16-13/h4-5,10H,6-9,11,15H2,1-3H3. The Balaban J connectivity index is 2.08. The molecule has 1 saturated heterocycles. The molecule has 0 radical (unpaired) electrons. The van der Waals surface area contributed by atoms with E-state index in [1.165, 1.54) is 5.56 Å². The second-order valence-electron chi connectivity index (χ2n) is 5.72. The van der Waals surface area contributed by atoms with E-state index in [4.69, 9.17) is 5.73 Å². The third kappa shape index (κ3) is 2.82. The first-order chi connectivity index (χ1) is 8.53. The second-order valence-corrected chi connectivity index (χ2v) is 5.72. The lowest BCUT2D eigenvalue weighted by atomic mass is 10.00. The summed E-state index contributed by atoms with van der Waals surface area (Å²) in [5.41, 5.74) is 6.97. The highest BCUT2D eigenvalue weighted by atomic mass is 15.3. The lowest BCUT2D eigenvalue weighted by Gasteiger charge is -2.45. The molecule has 0 aromatic carbocycles. The van der Waals surface area contributed by atoms with Gasteiger partial charge in [-0.1, -0.05) is 6.07 Å². The molecule has 0 saturated carbocycles. The zero-order valence-electron chi connectivity index (χ0n) is 11.7. The van der Waals surface area contributed by atoms with Crippen molar-refractivity contribution < 1.29 is 0 Å². The molecular formula is C14H24N4. The molecule has 0 aliphatic carbocycles. The van der Waals surface area contributed by atoms with Crippen LogP contribution < -0.4 is 10.6 Å². The average Bonchev–Trinajstić information content (AvgIpc) is 2.34. The molecule has 1 aliphatic heterocycles. The largest absolute Gasteiger partial charge is 0.354 e. The van der Waals surface area contributed by atoms with Gasteiger partial charge in [0.25, 0.3) is 0 Å². The van der Waals surface area contributed by atoms with Crippen LogP contribution in [-0.2, 0) is 6.42 Å². The molecule has 2 heterocycles. The summed E-state index contributed by atoms with van der Waals surface area (Å²) in [6, 6.07) is 4.26. The van der Waals surface area contributed by atoms with Gasteiger partial charge in [0.15, 0.2) is 0 Å². The summed E-state index contributed by atoms with van der Waals surface area (Å²) in [6.07, 6.45) is 2.86. The Morgan fingerprint density at radius 3 is 2.67 bits per heavy atom. The summed E-state index contributed by atoms with van der Waals surface area (Å²) in [5, 5.41) is 0. The number of anilines is 1. The Labute approximate surface area is 110 Å². The number of aromatic nitrogens is 1. The van der Waals surface area contributed by atoms with Crippen LogP contribution in [-0.4, -0.2) is 48.6 Å². The van der Waals surface area contributed by atoms with E-state index in [1.54, 1.807) is 0 Å². The molecule has 4 heteroatoms. The third-order valence-electron chi connectivity index (χ3n) is 3.88. The van der Waals surface area contributed by atoms with Crippen molar-refractivity contribution in [1.82, 2.24) is 9.88 Å².